The molecule has 0 atom stereocenters. The highest BCUT2D eigenvalue weighted by molar-refractivity contribution is 6.12. The highest BCUT2D eigenvalue weighted by atomic mass is 14.7. The Morgan fingerprint density at radius 3 is 2.56 bits per heavy atom. The van der Waals surface area contributed by atoms with Gasteiger partial charge in [-0.15, -0.1) is 0 Å². The second-order valence-corrected chi connectivity index (χ2v) is 4.73. The first-order valence-corrected chi connectivity index (χ1v) is 5.91. The maximum absolute atomic E-state index is 6.08. The number of hydrogen-bond donors (Lipinski definition) is 2. The molecule has 0 aliphatic carbocycles. The van der Waals surface area contributed by atoms with E-state index >= 15 is 0 Å². The maximum Gasteiger partial charge on any atom is 0.0710 e. The van der Waals surface area contributed by atoms with Crippen molar-refractivity contribution in [1.82, 2.24) is 4.98 Å². The Morgan fingerprint density at radius 1 is 1.00 bits per heavy atom. The predicted octanol–water partition coefficient (Wildman–Crippen LogP) is 3.17. The number of rotatable bonds is 0. The summed E-state index contributed by atoms with van der Waals surface area (Å²) >= 11 is 0. The topological polar surface area (TPSA) is 64.9 Å². The lowest BCUT2D eigenvalue weighted by molar-refractivity contribution is 1.37. The first-order chi connectivity index (χ1) is 8.58. The van der Waals surface area contributed by atoms with Crippen molar-refractivity contribution in [3.63, 3.8) is 0 Å². The SMILES string of the molecule is Cc1cc(N)c2cnc3ccc(N)cc3c2c1C. The number of hydrogen-bond acceptors (Lipinski definition) is 3. The Kier molecular flexibility index (Phi) is 2.17. The lowest BCUT2D eigenvalue weighted by Crippen LogP contribution is -1.95. The second-order valence-electron chi connectivity index (χ2n) is 4.73. The molecule has 0 unspecified atom stereocenters. The molecule has 0 bridgehead atoms. The molecule has 0 amide bonds. The van der Waals surface area contributed by atoms with Gasteiger partial charge in [-0.05, 0) is 54.6 Å². The van der Waals surface area contributed by atoms with Crippen LogP contribution in [0.4, 0.5) is 11.4 Å². The fourth-order valence-electron chi connectivity index (χ4n) is 2.45. The molecule has 1 heterocycles. The minimum atomic E-state index is 0.747. The third-order valence-corrected chi connectivity index (χ3v) is 3.54. The van der Waals surface area contributed by atoms with Crippen molar-refractivity contribution in [2.24, 2.45) is 0 Å². The first kappa shape index (κ1) is 10.8. The summed E-state index contributed by atoms with van der Waals surface area (Å²) < 4.78 is 0. The molecule has 0 aliphatic heterocycles. The molecule has 4 N–H and O–H groups in total. The minimum absolute atomic E-state index is 0.747. The maximum atomic E-state index is 6.08. The number of nitrogens with two attached hydrogens (primary N) is 2. The van der Waals surface area contributed by atoms with Gasteiger partial charge >= 0.3 is 0 Å². The smallest absolute Gasteiger partial charge is 0.0710 e. The fourth-order valence-corrected chi connectivity index (χ4v) is 2.45. The van der Waals surface area contributed by atoms with E-state index in [0.29, 0.717) is 0 Å². The first-order valence-electron chi connectivity index (χ1n) is 5.91. The van der Waals surface area contributed by atoms with E-state index in [1.807, 2.05) is 30.5 Å². The van der Waals surface area contributed by atoms with Gasteiger partial charge in [-0.1, -0.05) is 0 Å². The van der Waals surface area contributed by atoms with Crippen molar-refractivity contribution < 1.29 is 0 Å². The van der Waals surface area contributed by atoms with E-state index in [1.54, 1.807) is 0 Å². The molecule has 0 fully saturated rings. The third kappa shape index (κ3) is 1.40. The van der Waals surface area contributed by atoms with Crippen molar-refractivity contribution in [1.29, 1.82) is 0 Å². The largest absolute Gasteiger partial charge is 0.399 e. The van der Waals surface area contributed by atoms with Gasteiger partial charge in [-0.2, -0.15) is 0 Å². The van der Waals surface area contributed by atoms with E-state index < -0.39 is 0 Å². The van der Waals surface area contributed by atoms with Gasteiger partial charge in [-0.3, -0.25) is 4.98 Å². The van der Waals surface area contributed by atoms with Crippen molar-refractivity contribution in [3.05, 3.63) is 41.6 Å². The summed E-state index contributed by atoms with van der Waals surface area (Å²) in [5.74, 6) is 0. The number of nitrogen functional groups attached to an aromatic ring is 2. The van der Waals surface area contributed by atoms with Gasteiger partial charge in [0.2, 0.25) is 0 Å². The van der Waals surface area contributed by atoms with Gasteiger partial charge in [0, 0.05) is 28.3 Å². The van der Waals surface area contributed by atoms with Crippen molar-refractivity contribution in [2.75, 3.05) is 11.5 Å². The number of pyridine rings is 1. The molecule has 0 saturated carbocycles. The van der Waals surface area contributed by atoms with Crippen LogP contribution in [0.25, 0.3) is 21.7 Å². The quantitative estimate of drug-likeness (QED) is 0.466. The molecule has 0 saturated heterocycles. The zero-order valence-electron chi connectivity index (χ0n) is 10.5. The van der Waals surface area contributed by atoms with Gasteiger partial charge in [-0.25, -0.2) is 0 Å². The summed E-state index contributed by atoms with van der Waals surface area (Å²) in [4.78, 5) is 4.45. The Morgan fingerprint density at radius 2 is 1.78 bits per heavy atom. The van der Waals surface area contributed by atoms with Gasteiger partial charge in [0.05, 0.1) is 5.52 Å². The number of nitrogens with zero attached hydrogens (tertiary/aromatic N) is 1. The van der Waals surface area contributed by atoms with Crippen LogP contribution in [0.5, 0.6) is 0 Å². The molecule has 18 heavy (non-hydrogen) atoms. The number of anilines is 2. The standard InChI is InChI=1S/C15H15N3/c1-8-5-13(17)12-7-18-14-4-3-10(16)6-11(14)15(12)9(8)2/h3-7H,16-17H2,1-2H3. The van der Waals surface area contributed by atoms with Gasteiger partial charge in [0.25, 0.3) is 0 Å². The summed E-state index contributed by atoms with van der Waals surface area (Å²) in [6.07, 6.45) is 1.84. The zero-order chi connectivity index (χ0) is 12.9. The molecule has 3 heteroatoms. The average molecular weight is 237 g/mol. The van der Waals surface area contributed by atoms with Gasteiger partial charge in [0.15, 0.2) is 0 Å². The predicted molar refractivity (Wildman–Crippen MR) is 77.5 cm³/mol. The molecule has 1 aromatic heterocycles. The van der Waals surface area contributed by atoms with Gasteiger partial charge < -0.3 is 11.5 Å². The third-order valence-electron chi connectivity index (χ3n) is 3.54. The van der Waals surface area contributed by atoms with E-state index in [1.165, 1.54) is 11.1 Å². The fraction of sp³-hybridized carbons (Fsp3) is 0.133. The number of benzene rings is 2. The second kappa shape index (κ2) is 3.60. The summed E-state index contributed by atoms with van der Waals surface area (Å²) in [5, 5.41) is 3.22. The molecule has 0 radical (unpaired) electrons. The number of fused-ring (bicyclic) bond motifs is 3. The van der Waals surface area contributed by atoms with Crippen LogP contribution in [-0.4, -0.2) is 4.98 Å². The lowest BCUT2D eigenvalue weighted by atomic mass is 9.97. The molecular formula is C15H15N3. The van der Waals surface area contributed by atoms with Crippen LogP contribution in [0, 0.1) is 13.8 Å². The molecule has 0 aliphatic rings. The molecule has 90 valence electrons. The van der Waals surface area contributed by atoms with E-state index in [-0.39, 0.29) is 0 Å². The van der Waals surface area contributed by atoms with Gasteiger partial charge in [0.1, 0.15) is 0 Å². The molecule has 3 rings (SSSR count). The highest BCUT2D eigenvalue weighted by Gasteiger charge is 2.09. The lowest BCUT2D eigenvalue weighted by Gasteiger charge is -2.11. The monoisotopic (exact) mass is 237 g/mol. The Balaban J connectivity index is 2.64. The molecular weight excluding hydrogens is 222 g/mol. The molecule has 2 aromatic carbocycles. The van der Waals surface area contributed by atoms with Crippen molar-refractivity contribution in [3.8, 4) is 0 Å². The van der Waals surface area contributed by atoms with E-state index in [0.717, 1.165) is 33.1 Å². The van der Waals surface area contributed by atoms with Crippen LogP contribution in [0.15, 0.2) is 30.5 Å². The van der Waals surface area contributed by atoms with E-state index in [4.69, 9.17) is 11.5 Å². The highest BCUT2D eigenvalue weighted by Crippen LogP contribution is 2.33. The molecule has 3 aromatic rings. The number of aromatic nitrogens is 1. The average Bonchev–Trinajstić information content (AvgIpc) is 2.34. The summed E-state index contributed by atoms with van der Waals surface area (Å²) in [6, 6.07) is 7.78. The van der Waals surface area contributed by atoms with Crippen LogP contribution in [0.3, 0.4) is 0 Å². The minimum Gasteiger partial charge on any atom is -0.399 e. The number of aryl methyl sites for hydroxylation is 2. The Hall–Kier alpha value is -2.29. The normalized spacial score (nSPS) is 11.2. The van der Waals surface area contributed by atoms with Crippen LogP contribution in [0.2, 0.25) is 0 Å². The summed E-state index contributed by atoms with van der Waals surface area (Å²) in [5.41, 5.74) is 16.9. The molecule has 3 nitrogen and oxygen atoms in total. The van der Waals surface area contributed by atoms with Crippen LogP contribution in [-0.2, 0) is 0 Å². The van der Waals surface area contributed by atoms with Crippen molar-refractivity contribution >= 4 is 33.1 Å². The Labute approximate surface area is 105 Å². The summed E-state index contributed by atoms with van der Waals surface area (Å²) in [6.45, 7) is 4.18. The van der Waals surface area contributed by atoms with Crippen molar-refractivity contribution in [2.45, 2.75) is 13.8 Å². The Bertz CT molecular complexity index is 776. The summed E-state index contributed by atoms with van der Waals surface area (Å²) in [7, 11) is 0. The van der Waals surface area contributed by atoms with E-state index in [2.05, 4.69) is 18.8 Å². The van der Waals surface area contributed by atoms with Crippen LogP contribution >= 0.6 is 0 Å². The van der Waals surface area contributed by atoms with Crippen LogP contribution < -0.4 is 11.5 Å². The zero-order valence-corrected chi connectivity index (χ0v) is 10.5. The van der Waals surface area contributed by atoms with E-state index in [9.17, 15) is 0 Å². The molecule has 0 spiro atoms. The van der Waals surface area contributed by atoms with Crippen LogP contribution in [0.1, 0.15) is 11.1 Å².